The van der Waals surface area contributed by atoms with Gasteiger partial charge in [0.1, 0.15) is 0 Å². The van der Waals surface area contributed by atoms with Gasteiger partial charge in [-0.2, -0.15) is 0 Å². The SMILES string of the molecule is CCc1ccc(N2C(=S)N[C@H](c3ccccn3)[C@H]2c2cc(C)n(-c3ccccc3C(=O)OC)c2C)cc1. The fourth-order valence-corrected chi connectivity index (χ4v) is 5.60. The maximum absolute atomic E-state index is 12.6. The van der Waals surface area contributed by atoms with Crippen molar-refractivity contribution in [1.29, 1.82) is 0 Å². The van der Waals surface area contributed by atoms with Crippen LogP contribution in [0.25, 0.3) is 5.69 Å². The van der Waals surface area contributed by atoms with E-state index in [1.54, 1.807) is 6.07 Å². The largest absolute Gasteiger partial charge is 0.465 e. The van der Waals surface area contributed by atoms with Crippen molar-refractivity contribution in [1.82, 2.24) is 14.9 Å². The minimum Gasteiger partial charge on any atom is -0.465 e. The normalized spacial score (nSPS) is 17.1. The van der Waals surface area contributed by atoms with E-state index in [2.05, 4.69) is 70.9 Å². The summed E-state index contributed by atoms with van der Waals surface area (Å²) in [6.07, 6.45) is 2.79. The van der Waals surface area contributed by atoms with Gasteiger partial charge in [0, 0.05) is 23.3 Å². The highest BCUT2D eigenvalue weighted by Crippen LogP contribution is 2.44. The minimum atomic E-state index is -0.364. The lowest BCUT2D eigenvalue weighted by Gasteiger charge is -2.28. The van der Waals surface area contributed by atoms with Crippen molar-refractivity contribution in [2.24, 2.45) is 0 Å². The highest BCUT2D eigenvalue weighted by atomic mass is 32.1. The number of nitrogens with zero attached hydrogens (tertiary/aromatic N) is 3. The Balaban J connectivity index is 1.68. The van der Waals surface area contributed by atoms with Crippen LogP contribution in [0.15, 0.2) is 79.0 Å². The molecular weight excluding hydrogens is 480 g/mol. The summed E-state index contributed by atoms with van der Waals surface area (Å²) in [5.41, 5.74) is 7.69. The number of carbonyl (C=O) groups excluding carboxylic acids is 1. The van der Waals surface area contributed by atoms with Gasteiger partial charge in [0.05, 0.1) is 36.1 Å². The third-order valence-electron chi connectivity index (χ3n) is 7.06. The number of rotatable bonds is 6. The first-order valence-electron chi connectivity index (χ1n) is 12.4. The van der Waals surface area contributed by atoms with E-state index in [0.717, 1.165) is 40.4 Å². The molecule has 0 unspecified atom stereocenters. The van der Waals surface area contributed by atoms with E-state index in [4.69, 9.17) is 17.0 Å². The van der Waals surface area contributed by atoms with E-state index in [1.807, 2.05) is 42.6 Å². The number of thiocarbonyl (C=S) groups is 1. The van der Waals surface area contributed by atoms with E-state index in [1.165, 1.54) is 12.7 Å². The van der Waals surface area contributed by atoms with Crippen molar-refractivity contribution in [2.75, 3.05) is 12.0 Å². The summed E-state index contributed by atoms with van der Waals surface area (Å²) in [7, 11) is 1.41. The lowest BCUT2D eigenvalue weighted by atomic mass is 9.96. The Kier molecular flexibility index (Phi) is 6.80. The molecule has 1 N–H and O–H groups in total. The van der Waals surface area contributed by atoms with Crippen LogP contribution in [0.3, 0.4) is 0 Å². The minimum absolute atomic E-state index is 0.139. The van der Waals surface area contributed by atoms with Crippen molar-refractivity contribution < 1.29 is 9.53 Å². The van der Waals surface area contributed by atoms with Gasteiger partial charge in [-0.15, -0.1) is 0 Å². The molecule has 0 aliphatic carbocycles. The van der Waals surface area contributed by atoms with Crippen LogP contribution in [0.4, 0.5) is 5.69 Å². The Morgan fingerprint density at radius 3 is 2.46 bits per heavy atom. The molecule has 2 aromatic heterocycles. The fourth-order valence-electron chi connectivity index (χ4n) is 5.25. The molecule has 37 heavy (non-hydrogen) atoms. The first-order chi connectivity index (χ1) is 17.9. The monoisotopic (exact) mass is 510 g/mol. The van der Waals surface area contributed by atoms with Gasteiger partial charge in [-0.1, -0.05) is 37.3 Å². The molecule has 0 saturated carbocycles. The third kappa shape index (κ3) is 4.40. The zero-order chi connectivity index (χ0) is 26.1. The number of benzene rings is 2. The summed E-state index contributed by atoms with van der Waals surface area (Å²) in [4.78, 5) is 19.4. The lowest BCUT2D eigenvalue weighted by Crippen LogP contribution is -2.29. The number of carbonyl (C=O) groups is 1. The number of para-hydroxylation sites is 1. The fraction of sp³-hybridized carbons (Fsp3) is 0.233. The number of ether oxygens (including phenoxy) is 1. The van der Waals surface area contributed by atoms with Crippen LogP contribution in [0.5, 0.6) is 0 Å². The molecule has 3 heterocycles. The Morgan fingerprint density at radius 2 is 1.78 bits per heavy atom. The molecule has 7 heteroatoms. The molecule has 188 valence electrons. The van der Waals surface area contributed by atoms with Gasteiger partial charge in [0.2, 0.25) is 0 Å². The van der Waals surface area contributed by atoms with Gasteiger partial charge in [-0.3, -0.25) is 4.98 Å². The zero-order valence-electron chi connectivity index (χ0n) is 21.4. The van der Waals surface area contributed by atoms with Crippen molar-refractivity contribution in [3.63, 3.8) is 0 Å². The van der Waals surface area contributed by atoms with Crippen LogP contribution >= 0.6 is 12.2 Å². The molecule has 2 atom stereocenters. The van der Waals surface area contributed by atoms with Crippen LogP contribution in [0, 0.1) is 13.8 Å². The number of aryl methyl sites for hydroxylation is 2. The number of anilines is 1. The molecular formula is C30H30N4O2S. The molecule has 0 spiro atoms. The van der Waals surface area contributed by atoms with Gasteiger partial charge in [-0.25, -0.2) is 4.79 Å². The molecule has 1 aliphatic rings. The van der Waals surface area contributed by atoms with Gasteiger partial charge >= 0.3 is 5.97 Å². The summed E-state index contributed by atoms with van der Waals surface area (Å²) >= 11 is 5.90. The number of aromatic nitrogens is 2. The second kappa shape index (κ2) is 10.2. The summed E-state index contributed by atoms with van der Waals surface area (Å²) in [6, 6.07) is 23.9. The second-order valence-electron chi connectivity index (χ2n) is 9.19. The number of methoxy groups -OCH3 is 1. The predicted molar refractivity (Wildman–Crippen MR) is 150 cm³/mol. The first-order valence-corrected chi connectivity index (χ1v) is 12.8. The summed E-state index contributed by atoms with van der Waals surface area (Å²) < 4.78 is 7.19. The number of pyridine rings is 1. The van der Waals surface area contributed by atoms with Gasteiger partial charge < -0.3 is 19.5 Å². The Bertz CT molecular complexity index is 1450. The third-order valence-corrected chi connectivity index (χ3v) is 7.37. The molecule has 1 fully saturated rings. The number of nitrogens with one attached hydrogen (secondary N) is 1. The molecule has 5 rings (SSSR count). The Hall–Kier alpha value is -3.97. The number of hydrogen-bond acceptors (Lipinski definition) is 4. The molecule has 0 radical (unpaired) electrons. The maximum atomic E-state index is 12.6. The van der Waals surface area contributed by atoms with Gasteiger partial charge in [0.25, 0.3) is 0 Å². The Labute approximate surface area is 222 Å². The van der Waals surface area contributed by atoms with E-state index in [-0.39, 0.29) is 18.1 Å². The zero-order valence-corrected chi connectivity index (χ0v) is 22.3. The van der Waals surface area contributed by atoms with E-state index < -0.39 is 0 Å². The van der Waals surface area contributed by atoms with E-state index in [9.17, 15) is 4.79 Å². The lowest BCUT2D eigenvalue weighted by molar-refractivity contribution is 0.0600. The van der Waals surface area contributed by atoms with Crippen LogP contribution in [0.2, 0.25) is 0 Å². The molecule has 1 saturated heterocycles. The summed E-state index contributed by atoms with van der Waals surface area (Å²) in [5, 5.41) is 4.20. The standard InChI is InChI=1S/C30H30N4O2S/c1-5-21-13-15-22(16-14-21)34-28(27(32-30(34)37)25-11-8-9-17-31-25)24-18-19(2)33(20(24)3)26-12-7-6-10-23(26)29(35)36-4/h6-18,27-28H,5H2,1-4H3,(H,32,37)/t27-,28-/m1/s1. The van der Waals surface area contributed by atoms with Crippen LogP contribution in [-0.4, -0.2) is 27.7 Å². The molecule has 6 nitrogen and oxygen atoms in total. The highest BCUT2D eigenvalue weighted by molar-refractivity contribution is 7.80. The summed E-state index contributed by atoms with van der Waals surface area (Å²) in [5.74, 6) is -0.364. The molecule has 1 aliphatic heterocycles. The first kappa shape index (κ1) is 24.7. The maximum Gasteiger partial charge on any atom is 0.339 e. The molecule has 4 aromatic rings. The van der Waals surface area contributed by atoms with E-state index in [0.29, 0.717) is 10.7 Å². The van der Waals surface area contributed by atoms with Crippen molar-refractivity contribution in [3.05, 3.63) is 113 Å². The molecule has 2 aromatic carbocycles. The van der Waals surface area contributed by atoms with Crippen molar-refractivity contribution >= 4 is 29.0 Å². The molecule has 0 bridgehead atoms. The number of hydrogen-bond donors (Lipinski definition) is 1. The van der Waals surface area contributed by atoms with E-state index >= 15 is 0 Å². The van der Waals surface area contributed by atoms with Crippen molar-refractivity contribution in [2.45, 2.75) is 39.3 Å². The summed E-state index contributed by atoms with van der Waals surface area (Å²) in [6.45, 7) is 6.30. The van der Waals surface area contributed by atoms with Crippen LogP contribution in [0.1, 0.15) is 57.6 Å². The van der Waals surface area contributed by atoms with Crippen molar-refractivity contribution in [3.8, 4) is 5.69 Å². The number of esters is 1. The highest BCUT2D eigenvalue weighted by Gasteiger charge is 2.42. The average Bonchev–Trinajstić information content (AvgIpc) is 3.43. The topological polar surface area (TPSA) is 59.4 Å². The average molecular weight is 511 g/mol. The molecule has 0 amide bonds. The Morgan fingerprint density at radius 1 is 1.05 bits per heavy atom. The smallest absolute Gasteiger partial charge is 0.339 e. The second-order valence-corrected chi connectivity index (χ2v) is 9.57. The quantitative estimate of drug-likeness (QED) is 0.253. The van der Waals surface area contributed by atoms with Crippen LogP contribution < -0.4 is 10.2 Å². The van der Waals surface area contributed by atoms with Crippen LogP contribution in [-0.2, 0) is 11.2 Å². The predicted octanol–water partition coefficient (Wildman–Crippen LogP) is 6.02. The van der Waals surface area contributed by atoms with Gasteiger partial charge in [0.15, 0.2) is 5.11 Å². The van der Waals surface area contributed by atoms with Gasteiger partial charge in [-0.05, 0) is 86.1 Å².